The van der Waals surface area contributed by atoms with E-state index in [2.05, 4.69) is 4.72 Å². The first-order valence-electron chi connectivity index (χ1n) is 9.83. The van der Waals surface area contributed by atoms with Crippen LogP contribution in [0.4, 0.5) is 5.69 Å². The zero-order chi connectivity index (χ0) is 23.5. The third kappa shape index (κ3) is 5.38. The Bertz CT molecular complexity index is 1140. The molecule has 32 heavy (non-hydrogen) atoms. The number of carbonyl (C=O) groups excluding carboxylic acids is 4. The maximum Gasteiger partial charge on any atom is 0.306 e. The highest BCUT2D eigenvalue weighted by Gasteiger charge is 2.34. The minimum atomic E-state index is -3.43. The number of hydrogen-bond acceptors (Lipinski definition) is 7. The van der Waals surface area contributed by atoms with Gasteiger partial charge in [-0.3, -0.25) is 28.8 Å². The van der Waals surface area contributed by atoms with Crippen LogP contribution in [0.15, 0.2) is 48.5 Å². The lowest BCUT2D eigenvalue weighted by Gasteiger charge is -2.15. The molecule has 168 valence electrons. The number of ketones is 1. The van der Waals surface area contributed by atoms with Crippen molar-refractivity contribution in [1.82, 2.24) is 4.90 Å². The molecule has 0 saturated carbocycles. The van der Waals surface area contributed by atoms with Crippen LogP contribution >= 0.6 is 0 Å². The van der Waals surface area contributed by atoms with Gasteiger partial charge in [-0.2, -0.15) is 0 Å². The number of sulfonamides is 1. The van der Waals surface area contributed by atoms with Crippen molar-refractivity contribution in [3.8, 4) is 0 Å². The van der Waals surface area contributed by atoms with Crippen molar-refractivity contribution < 1.29 is 32.3 Å². The number of Topliss-reactive ketones (excluding diaryl/α,β-unsaturated/α-hetero) is 1. The summed E-state index contributed by atoms with van der Waals surface area (Å²) in [5.41, 5.74) is 1.26. The van der Waals surface area contributed by atoms with Crippen molar-refractivity contribution in [1.29, 1.82) is 0 Å². The summed E-state index contributed by atoms with van der Waals surface area (Å²) in [4.78, 5) is 50.3. The Kier molecular flexibility index (Phi) is 6.73. The number of anilines is 1. The van der Waals surface area contributed by atoms with Crippen LogP contribution < -0.4 is 4.72 Å². The van der Waals surface area contributed by atoms with Crippen LogP contribution in [0.5, 0.6) is 0 Å². The van der Waals surface area contributed by atoms with Gasteiger partial charge in [0, 0.05) is 24.2 Å². The Morgan fingerprint density at radius 2 is 1.56 bits per heavy atom. The fraction of sp³-hybridized carbons (Fsp3) is 0.273. The SMILES string of the molecule is CC(OC(=O)CCCN1C(=O)c2ccccc2C1=O)C(=O)c1ccc(NS(C)(=O)=O)cc1. The summed E-state index contributed by atoms with van der Waals surface area (Å²) in [5.74, 6) is -1.85. The van der Waals surface area contributed by atoms with Crippen molar-refractivity contribution >= 4 is 39.3 Å². The molecule has 0 radical (unpaired) electrons. The maximum atomic E-state index is 12.5. The quantitative estimate of drug-likeness (QED) is 0.347. The molecule has 1 unspecified atom stereocenters. The predicted molar refractivity (Wildman–Crippen MR) is 116 cm³/mol. The van der Waals surface area contributed by atoms with Crippen LogP contribution in [0.2, 0.25) is 0 Å². The second-order valence-corrected chi connectivity index (χ2v) is 9.11. The minimum absolute atomic E-state index is 0.0672. The standard InChI is InChI=1S/C22H22N2O7S/c1-14(20(26)15-9-11-16(12-10-15)23-32(2,29)30)31-19(25)8-5-13-24-21(27)17-6-3-4-7-18(17)22(24)28/h3-4,6-7,9-12,14,23H,5,8,13H2,1-2H3. The summed E-state index contributed by atoms with van der Waals surface area (Å²) in [7, 11) is -3.43. The summed E-state index contributed by atoms with van der Waals surface area (Å²) in [6.45, 7) is 1.51. The first kappa shape index (κ1) is 23.1. The number of ether oxygens (including phenoxy) is 1. The van der Waals surface area contributed by atoms with Gasteiger partial charge in [0.15, 0.2) is 6.10 Å². The van der Waals surface area contributed by atoms with E-state index in [1.54, 1.807) is 24.3 Å². The largest absolute Gasteiger partial charge is 0.454 e. The van der Waals surface area contributed by atoms with E-state index in [0.717, 1.165) is 11.2 Å². The van der Waals surface area contributed by atoms with Gasteiger partial charge in [0.25, 0.3) is 11.8 Å². The number of fused-ring (bicyclic) bond motifs is 1. The zero-order valence-electron chi connectivity index (χ0n) is 17.5. The van der Waals surface area contributed by atoms with E-state index in [9.17, 15) is 27.6 Å². The molecule has 1 aliphatic rings. The molecule has 1 aliphatic heterocycles. The molecule has 0 bridgehead atoms. The highest BCUT2D eigenvalue weighted by molar-refractivity contribution is 7.92. The van der Waals surface area contributed by atoms with Crippen LogP contribution in [0.3, 0.4) is 0 Å². The average Bonchev–Trinajstić information content (AvgIpc) is 2.97. The third-order valence-electron chi connectivity index (χ3n) is 4.79. The molecule has 0 aromatic heterocycles. The van der Waals surface area contributed by atoms with Crippen molar-refractivity contribution in [2.75, 3.05) is 17.5 Å². The molecule has 10 heteroatoms. The van der Waals surface area contributed by atoms with Crippen molar-refractivity contribution in [2.45, 2.75) is 25.9 Å². The van der Waals surface area contributed by atoms with Gasteiger partial charge in [-0.15, -0.1) is 0 Å². The number of nitrogens with one attached hydrogen (secondary N) is 1. The van der Waals surface area contributed by atoms with Gasteiger partial charge in [-0.25, -0.2) is 8.42 Å². The molecule has 0 aliphatic carbocycles. The lowest BCUT2D eigenvalue weighted by Crippen LogP contribution is -2.31. The van der Waals surface area contributed by atoms with Gasteiger partial charge < -0.3 is 4.74 Å². The van der Waals surface area contributed by atoms with Gasteiger partial charge in [0.2, 0.25) is 15.8 Å². The van der Waals surface area contributed by atoms with Crippen molar-refractivity contribution in [2.24, 2.45) is 0 Å². The first-order chi connectivity index (χ1) is 15.1. The van der Waals surface area contributed by atoms with Crippen LogP contribution in [0.1, 0.15) is 50.8 Å². The number of nitrogens with zero attached hydrogens (tertiary/aromatic N) is 1. The maximum absolute atomic E-state index is 12.5. The number of amides is 2. The number of benzene rings is 2. The second kappa shape index (κ2) is 9.31. The van der Waals surface area contributed by atoms with Gasteiger partial charge in [-0.05, 0) is 49.7 Å². The van der Waals surface area contributed by atoms with Crippen LogP contribution in [0.25, 0.3) is 0 Å². The summed E-state index contributed by atoms with van der Waals surface area (Å²) in [5, 5.41) is 0. The van der Waals surface area contributed by atoms with E-state index in [0.29, 0.717) is 16.8 Å². The lowest BCUT2D eigenvalue weighted by atomic mass is 10.1. The van der Waals surface area contributed by atoms with Gasteiger partial charge in [0.05, 0.1) is 17.4 Å². The molecule has 3 rings (SSSR count). The predicted octanol–water partition coefficient (Wildman–Crippen LogP) is 2.25. The van der Waals surface area contributed by atoms with Crippen LogP contribution in [0, 0.1) is 0 Å². The fourth-order valence-corrected chi connectivity index (χ4v) is 3.85. The van der Waals surface area contributed by atoms with Gasteiger partial charge in [-0.1, -0.05) is 12.1 Å². The summed E-state index contributed by atoms with van der Waals surface area (Å²) in [6.07, 6.45) is 0.108. The number of rotatable bonds is 9. The van der Waals surface area contributed by atoms with Crippen molar-refractivity contribution in [3.05, 3.63) is 65.2 Å². The summed E-state index contributed by atoms with van der Waals surface area (Å²) >= 11 is 0. The van der Waals surface area contributed by atoms with Gasteiger partial charge in [0.1, 0.15) is 0 Å². The molecule has 2 aromatic carbocycles. The summed E-state index contributed by atoms with van der Waals surface area (Å²) in [6, 6.07) is 12.3. The highest BCUT2D eigenvalue weighted by atomic mass is 32.2. The second-order valence-electron chi connectivity index (χ2n) is 7.36. The Hall–Kier alpha value is -3.53. The normalized spacial score (nSPS) is 14.1. The molecule has 0 fully saturated rings. The highest BCUT2D eigenvalue weighted by Crippen LogP contribution is 2.22. The smallest absolute Gasteiger partial charge is 0.306 e. The van der Waals surface area contributed by atoms with E-state index < -0.39 is 39.7 Å². The first-order valence-corrected chi connectivity index (χ1v) is 11.7. The molecule has 1 atom stereocenters. The lowest BCUT2D eigenvalue weighted by molar-refractivity contribution is -0.146. The number of imide groups is 1. The Morgan fingerprint density at radius 1 is 1.00 bits per heavy atom. The topological polar surface area (TPSA) is 127 Å². The van der Waals surface area contributed by atoms with E-state index in [4.69, 9.17) is 4.74 Å². The number of carbonyl (C=O) groups is 4. The minimum Gasteiger partial charge on any atom is -0.454 e. The van der Waals surface area contributed by atoms with E-state index in [1.165, 1.54) is 31.2 Å². The van der Waals surface area contributed by atoms with Crippen molar-refractivity contribution in [3.63, 3.8) is 0 Å². The average molecular weight is 458 g/mol. The molecule has 1 heterocycles. The molecule has 2 amide bonds. The van der Waals surface area contributed by atoms with Crippen LogP contribution in [-0.2, 0) is 19.6 Å². The molecule has 1 N–H and O–H groups in total. The number of hydrogen-bond donors (Lipinski definition) is 1. The molecular formula is C22H22N2O7S. The Labute approximate surface area is 185 Å². The monoisotopic (exact) mass is 458 g/mol. The molecule has 9 nitrogen and oxygen atoms in total. The Balaban J connectivity index is 1.48. The molecule has 2 aromatic rings. The number of esters is 1. The van der Waals surface area contributed by atoms with Crippen LogP contribution in [-0.4, -0.2) is 55.8 Å². The summed E-state index contributed by atoms with van der Waals surface area (Å²) < 4.78 is 29.9. The fourth-order valence-electron chi connectivity index (χ4n) is 3.28. The zero-order valence-corrected chi connectivity index (χ0v) is 18.3. The third-order valence-corrected chi connectivity index (χ3v) is 5.40. The molecule has 0 spiro atoms. The molecular weight excluding hydrogens is 436 g/mol. The van der Waals surface area contributed by atoms with E-state index in [1.807, 2.05) is 0 Å². The van der Waals surface area contributed by atoms with E-state index >= 15 is 0 Å². The van der Waals surface area contributed by atoms with E-state index in [-0.39, 0.29) is 24.9 Å². The van der Waals surface area contributed by atoms with Gasteiger partial charge >= 0.3 is 5.97 Å². The Morgan fingerprint density at radius 3 is 2.09 bits per heavy atom. The molecule has 0 saturated heterocycles.